The minimum Gasteiger partial charge on any atom is -0.484 e. The van der Waals surface area contributed by atoms with Gasteiger partial charge in [0.1, 0.15) is 17.7 Å². The molecular weight excluding hydrogens is 373 g/mol. The number of halogens is 3. The van der Waals surface area contributed by atoms with Gasteiger partial charge in [-0.25, -0.2) is 13.2 Å². The molecule has 1 aliphatic heterocycles. The van der Waals surface area contributed by atoms with Crippen LogP contribution in [0.15, 0.2) is 36.4 Å². The lowest BCUT2D eigenvalue weighted by atomic mass is 10.0. The van der Waals surface area contributed by atoms with Gasteiger partial charge in [0.25, 0.3) is 0 Å². The molecule has 0 spiro atoms. The minimum absolute atomic E-state index is 0.0530. The third-order valence-electron chi connectivity index (χ3n) is 4.40. The average molecular weight is 392 g/mol. The molecule has 0 fully saturated rings. The molecule has 2 amide bonds. The first-order valence-corrected chi connectivity index (χ1v) is 8.74. The summed E-state index contributed by atoms with van der Waals surface area (Å²) in [5.74, 6) is -3.46. The molecule has 0 saturated heterocycles. The molecule has 0 radical (unpaired) electrons. The van der Waals surface area contributed by atoms with Crippen LogP contribution in [0.25, 0.3) is 0 Å². The zero-order valence-electron chi connectivity index (χ0n) is 15.3. The molecule has 2 unspecified atom stereocenters. The molecule has 0 aromatic heterocycles. The van der Waals surface area contributed by atoms with E-state index in [1.165, 1.54) is 36.1 Å². The van der Waals surface area contributed by atoms with E-state index in [1.54, 1.807) is 6.92 Å². The third-order valence-corrected chi connectivity index (χ3v) is 4.40. The molecule has 2 aromatic rings. The van der Waals surface area contributed by atoms with Crippen molar-refractivity contribution in [2.24, 2.45) is 0 Å². The fourth-order valence-corrected chi connectivity index (χ4v) is 3.26. The van der Waals surface area contributed by atoms with E-state index >= 15 is 0 Å². The van der Waals surface area contributed by atoms with Crippen LogP contribution in [0.4, 0.5) is 18.9 Å². The van der Waals surface area contributed by atoms with Crippen molar-refractivity contribution in [1.82, 2.24) is 5.32 Å². The number of rotatable bonds is 4. The van der Waals surface area contributed by atoms with Crippen LogP contribution in [0.2, 0.25) is 0 Å². The highest BCUT2D eigenvalue weighted by Crippen LogP contribution is 2.36. The van der Waals surface area contributed by atoms with E-state index in [2.05, 4.69) is 5.32 Å². The van der Waals surface area contributed by atoms with Crippen LogP contribution >= 0.6 is 0 Å². The van der Waals surface area contributed by atoms with Gasteiger partial charge in [0.15, 0.2) is 11.6 Å². The summed E-state index contributed by atoms with van der Waals surface area (Å²) < 4.78 is 48.0. The molecule has 2 atom stereocenters. The molecule has 1 heterocycles. The molecule has 0 aliphatic carbocycles. The normalized spacial score (nSPS) is 16.8. The molecule has 3 rings (SSSR count). The van der Waals surface area contributed by atoms with Gasteiger partial charge in [-0.1, -0.05) is 12.1 Å². The van der Waals surface area contributed by atoms with Crippen molar-refractivity contribution in [3.8, 4) is 5.75 Å². The Labute approximate surface area is 160 Å². The number of nitrogens with one attached hydrogen (secondary N) is 1. The maximum Gasteiger partial charge on any atom is 0.229 e. The van der Waals surface area contributed by atoms with Crippen LogP contribution < -0.4 is 15.0 Å². The molecule has 5 nitrogen and oxygen atoms in total. The number of fused-ring (bicyclic) bond motifs is 1. The topological polar surface area (TPSA) is 58.6 Å². The van der Waals surface area contributed by atoms with Gasteiger partial charge in [-0.05, 0) is 31.2 Å². The number of hydrogen-bond acceptors (Lipinski definition) is 3. The summed E-state index contributed by atoms with van der Waals surface area (Å²) in [5.41, 5.74) is -0.162. The lowest BCUT2D eigenvalue weighted by molar-refractivity contribution is -0.121. The van der Waals surface area contributed by atoms with Gasteiger partial charge < -0.3 is 15.0 Å². The van der Waals surface area contributed by atoms with Gasteiger partial charge in [0.2, 0.25) is 11.8 Å². The van der Waals surface area contributed by atoms with Gasteiger partial charge in [-0.3, -0.25) is 9.59 Å². The van der Waals surface area contributed by atoms with E-state index in [9.17, 15) is 22.8 Å². The van der Waals surface area contributed by atoms with Crippen molar-refractivity contribution < 1.29 is 27.5 Å². The summed E-state index contributed by atoms with van der Waals surface area (Å²) in [4.78, 5) is 25.8. The Kier molecular flexibility index (Phi) is 5.58. The van der Waals surface area contributed by atoms with Gasteiger partial charge in [0, 0.05) is 12.5 Å². The van der Waals surface area contributed by atoms with E-state index in [0.717, 1.165) is 12.1 Å². The fraction of sp³-hybridized carbons (Fsp3) is 0.300. The van der Waals surface area contributed by atoms with Crippen molar-refractivity contribution in [3.63, 3.8) is 0 Å². The zero-order chi connectivity index (χ0) is 20.4. The smallest absolute Gasteiger partial charge is 0.229 e. The second kappa shape index (κ2) is 7.92. The van der Waals surface area contributed by atoms with Crippen LogP contribution in [0.1, 0.15) is 31.9 Å². The van der Waals surface area contributed by atoms with Gasteiger partial charge in [0.05, 0.1) is 24.7 Å². The zero-order valence-corrected chi connectivity index (χ0v) is 15.3. The molecule has 0 saturated carbocycles. The number of nitrogens with zero attached hydrogens (tertiary/aromatic N) is 1. The molecule has 1 N–H and O–H groups in total. The molecule has 28 heavy (non-hydrogen) atoms. The predicted molar refractivity (Wildman–Crippen MR) is 96.4 cm³/mol. The van der Waals surface area contributed by atoms with Crippen LogP contribution in [0.5, 0.6) is 5.75 Å². The van der Waals surface area contributed by atoms with Crippen molar-refractivity contribution in [2.75, 3.05) is 11.4 Å². The molecule has 2 aromatic carbocycles. The van der Waals surface area contributed by atoms with E-state index < -0.39 is 53.4 Å². The minimum atomic E-state index is -1.21. The number of carbonyl (C=O) groups is 2. The Balaban J connectivity index is 1.93. The van der Waals surface area contributed by atoms with Crippen molar-refractivity contribution in [3.05, 3.63) is 59.4 Å². The summed E-state index contributed by atoms with van der Waals surface area (Å²) in [5, 5.41) is 2.42. The van der Waals surface area contributed by atoms with Crippen LogP contribution in [-0.2, 0) is 9.59 Å². The quantitative estimate of drug-likeness (QED) is 0.867. The molecular formula is C20H19F3N2O3. The Hall–Kier alpha value is -3.03. The first kappa shape index (κ1) is 19.7. The average Bonchev–Trinajstić information content (AvgIpc) is 2.61. The predicted octanol–water partition coefficient (Wildman–Crippen LogP) is 3.49. The second-order valence-corrected chi connectivity index (χ2v) is 6.61. The summed E-state index contributed by atoms with van der Waals surface area (Å²) in [6.07, 6.45) is -0.877. The Bertz CT molecular complexity index is 899. The van der Waals surface area contributed by atoms with Crippen LogP contribution in [0, 0.1) is 17.5 Å². The fourth-order valence-electron chi connectivity index (χ4n) is 3.26. The maximum absolute atomic E-state index is 14.2. The summed E-state index contributed by atoms with van der Waals surface area (Å²) in [6.45, 7) is 3.01. The summed E-state index contributed by atoms with van der Waals surface area (Å²) >= 11 is 0. The third kappa shape index (κ3) is 3.95. The number of amides is 2. The van der Waals surface area contributed by atoms with Crippen LogP contribution in [-0.4, -0.2) is 24.5 Å². The standard InChI is InChI=1S/C20H19F3N2O3/c1-11-10-25(17-8-4-7-15(23)20(17)28-11)18(27)9-16(24-12(2)26)19-13(21)5-3-6-14(19)22/h3-8,11,16H,9-10H2,1-2H3,(H,24,26). The van der Waals surface area contributed by atoms with Gasteiger partial charge in [-0.2, -0.15) is 0 Å². The number of hydrogen-bond donors (Lipinski definition) is 1. The van der Waals surface area contributed by atoms with E-state index in [4.69, 9.17) is 4.74 Å². The number of carbonyl (C=O) groups excluding carboxylic acids is 2. The van der Waals surface area contributed by atoms with Crippen LogP contribution in [0.3, 0.4) is 0 Å². The molecule has 8 heteroatoms. The lowest BCUT2D eigenvalue weighted by Crippen LogP contribution is -2.44. The Morgan fingerprint density at radius 3 is 2.39 bits per heavy atom. The van der Waals surface area contributed by atoms with E-state index in [-0.39, 0.29) is 18.0 Å². The van der Waals surface area contributed by atoms with E-state index in [1.807, 2.05) is 0 Å². The molecule has 148 valence electrons. The summed E-state index contributed by atoms with van der Waals surface area (Å²) in [7, 11) is 0. The monoisotopic (exact) mass is 392 g/mol. The van der Waals surface area contributed by atoms with Gasteiger partial charge in [-0.15, -0.1) is 0 Å². The first-order chi connectivity index (χ1) is 13.3. The number of anilines is 1. The number of ether oxygens (including phenoxy) is 1. The highest BCUT2D eigenvalue weighted by molar-refractivity contribution is 5.96. The second-order valence-electron chi connectivity index (χ2n) is 6.61. The lowest BCUT2D eigenvalue weighted by Gasteiger charge is -2.34. The molecule has 0 bridgehead atoms. The molecule has 1 aliphatic rings. The Morgan fingerprint density at radius 1 is 1.14 bits per heavy atom. The maximum atomic E-state index is 14.2. The summed E-state index contributed by atoms with van der Waals surface area (Å²) in [6, 6.07) is 6.28. The highest BCUT2D eigenvalue weighted by Gasteiger charge is 2.32. The number of para-hydroxylation sites is 1. The van der Waals surface area contributed by atoms with Crippen molar-refractivity contribution in [1.29, 1.82) is 0 Å². The SMILES string of the molecule is CC(=O)NC(CC(=O)N1CC(C)Oc2c(F)cccc21)c1c(F)cccc1F. The van der Waals surface area contributed by atoms with Crippen molar-refractivity contribution in [2.45, 2.75) is 32.4 Å². The highest BCUT2D eigenvalue weighted by atomic mass is 19.1. The van der Waals surface area contributed by atoms with Crippen molar-refractivity contribution >= 4 is 17.5 Å². The van der Waals surface area contributed by atoms with E-state index in [0.29, 0.717) is 0 Å². The largest absolute Gasteiger partial charge is 0.484 e. The first-order valence-electron chi connectivity index (χ1n) is 8.74. The Morgan fingerprint density at radius 2 is 1.75 bits per heavy atom. The van der Waals surface area contributed by atoms with Gasteiger partial charge >= 0.3 is 0 Å². The number of benzene rings is 2.